The number of fused-ring (bicyclic) bond motifs is 1. The van der Waals surface area contributed by atoms with Crippen molar-refractivity contribution in [3.8, 4) is 11.8 Å². The van der Waals surface area contributed by atoms with Crippen LogP contribution in [0.3, 0.4) is 0 Å². The molecule has 4 nitrogen and oxygen atoms in total. The van der Waals surface area contributed by atoms with Gasteiger partial charge in [-0.05, 0) is 43.2 Å². The molecular formula is C19H17N3OS. The predicted octanol–water partition coefficient (Wildman–Crippen LogP) is 3.95. The molecule has 1 aromatic heterocycles. The topological polar surface area (TPSA) is 58.7 Å². The van der Waals surface area contributed by atoms with E-state index in [2.05, 4.69) is 18.0 Å². The molecule has 0 saturated carbocycles. The molecule has 0 spiro atoms. The van der Waals surface area contributed by atoms with Gasteiger partial charge in [-0.25, -0.2) is 4.98 Å². The van der Waals surface area contributed by atoms with E-state index in [1.807, 2.05) is 42.5 Å². The summed E-state index contributed by atoms with van der Waals surface area (Å²) in [6.07, 6.45) is 0.943. The monoisotopic (exact) mass is 335 g/mol. The van der Waals surface area contributed by atoms with E-state index in [1.54, 1.807) is 17.6 Å². The fourth-order valence-corrected chi connectivity index (χ4v) is 3.30. The summed E-state index contributed by atoms with van der Waals surface area (Å²) in [6.45, 7) is 3.89. The van der Waals surface area contributed by atoms with Crippen molar-refractivity contribution in [3.63, 3.8) is 0 Å². The number of aromatic nitrogens is 2. The van der Waals surface area contributed by atoms with Crippen molar-refractivity contribution in [1.82, 2.24) is 9.55 Å². The van der Waals surface area contributed by atoms with Gasteiger partial charge in [0.2, 0.25) is 0 Å². The van der Waals surface area contributed by atoms with E-state index in [4.69, 9.17) is 5.26 Å². The van der Waals surface area contributed by atoms with Gasteiger partial charge in [-0.2, -0.15) is 5.26 Å². The van der Waals surface area contributed by atoms with Crippen LogP contribution in [0.4, 0.5) is 0 Å². The zero-order chi connectivity index (χ0) is 17.1. The zero-order valence-electron chi connectivity index (χ0n) is 13.6. The second kappa shape index (κ2) is 6.90. The van der Waals surface area contributed by atoms with E-state index in [-0.39, 0.29) is 10.8 Å². The fourth-order valence-electron chi connectivity index (χ4n) is 2.48. The number of rotatable bonds is 4. The lowest BCUT2D eigenvalue weighted by Crippen LogP contribution is -2.22. The summed E-state index contributed by atoms with van der Waals surface area (Å²) in [5, 5.41) is 9.94. The summed E-state index contributed by atoms with van der Waals surface area (Å²) in [5.41, 5.74) is 2.51. The van der Waals surface area contributed by atoms with Crippen LogP contribution in [-0.4, -0.2) is 14.8 Å². The third-order valence-electron chi connectivity index (χ3n) is 3.81. The van der Waals surface area contributed by atoms with Gasteiger partial charge in [0.15, 0.2) is 5.16 Å². The van der Waals surface area contributed by atoms with Gasteiger partial charge >= 0.3 is 0 Å². The van der Waals surface area contributed by atoms with Gasteiger partial charge < -0.3 is 0 Å². The molecule has 24 heavy (non-hydrogen) atoms. The summed E-state index contributed by atoms with van der Waals surface area (Å²) in [4.78, 5) is 17.6. The third kappa shape index (κ3) is 3.06. The van der Waals surface area contributed by atoms with Crippen LogP contribution in [0.25, 0.3) is 16.6 Å². The van der Waals surface area contributed by atoms with Crippen molar-refractivity contribution in [2.45, 2.75) is 30.7 Å². The molecule has 0 aliphatic carbocycles. The van der Waals surface area contributed by atoms with Gasteiger partial charge in [-0.3, -0.25) is 9.36 Å². The first-order chi connectivity index (χ1) is 11.6. The summed E-state index contributed by atoms with van der Waals surface area (Å²) in [6, 6.07) is 17.4. The van der Waals surface area contributed by atoms with Gasteiger partial charge in [-0.15, -0.1) is 0 Å². The molecule has 2 aromatic carbocycles. The smallest absolute Gasteiger partial charge is 0.266 e. The zero-order valence-corrected chi connectivity index (χ0v) is 14.4. The second-order valence-corrected chi connectivity index (χ2v) is 6.77. The maximum atomic E-state index is 13.0. The molecule has 5 heteroatoms. The van der Waals surface area contributed by atoms with E-state index in [0.29, 0.717) is 16.1 Å². The van der Waals surface area contributed by atoms with Crippen LogP contribution in [0.5, 0.6) is 0 Å². The maximum Gasteiger partial charge on any atom is 0.266 e. The molecule has 0 amide bonds. The highest BCUT2D eigenvalue weighted by atomic mass is 32.2. The van der Waals surface area contributed by atoms with Crippen molar-refractivity contribution in [3.05, 3.63) is 64.4 Å². The highest BCUT2D eigenvalue weighted by Gasteiger charge is 2.15. The molecule has 0 N–H and O–H groups in total. The molecule has 1 atom stereocenters. The van der Waals surface area contributed by atoms with Gasteiger partial charge in [0.25, 0.3) is 5.56 Å². The van der Waals surface area contributed by atoms with Gasteiger partial charge in [-0.1, -0.05) is 43.0 Å². The van der Waals surface area contributed by atoms with Crippen LogP contribution in [0, 0.1) is 11.3 Å². The Morgan fingerprint density at radius 1 is 1.21 bits per heavy atom. The van der Waals surface area contributed by atoms with Crippen molar-refractivity contribution in [2.24, 2.45) is 0 Å². The minimum atomic E-state index is -0.292. The van der Waals surface area contributed by atoms with Gasteiger partial charge in [0, 0.05) is 0 Å². The van der Waals surface area contributed by atoms with Crippen molar-refractivity contribution < 1.29 is 0 Å². The number of nitriles is 1. The summed E-state index contributed by atoms with van der Waals surface area (Å²) in [7, 11) is 0. The Morgan fingerprint density at radius 2 is 1.92 bits per heavy atom. The number of hydrogen-bond donors (Lipinski definition) is 0. The average molecular weight is 335 g/mol. The first-order valence-electron chi connectivity index (χ1n) is 7.81. The average Bonchev–Trinajstić information content (AvgIpc) is 2.62. The highest BCUT2D eigenvalue weighted by Crippen LogP contribution is 2.24. The Hall–Kier alpha value is -2.58. The van der Waals surface area contributed by atoms with Gasteiger partial charge in [0.05, 0.1) is 27.9 Å². The standard InChI is InChI=1S/C19H17N3OS/c1-3-14-8-10-15(11-9-14)22-18(23)16-6-4-5-7-17(16)21-19(22)24-13(2)12-20/h4-11,13H,3H2,1-2H3. The Bertz CT molecular complexity index is 971. The Labute approximate surface area is 144 Å². The van der Waals surface area contributed by atoms with E-state index >= 15 is 0 Å². The largest absolute Gasteiger partial charge is 0.268 e. The van der Waals surface area contributed by atoms with E-state index in [1.165, 1.54) is 17.3 Å². The summed E-state index contributed by atoms with van der Waals surface area (Å²) < 4.78 is 1.60. The van der Waals surface area contributed by atoms with E-state index < -0.39 is 0 Å². The molecule has 0 aliphatic rings. The van der Waals surface area contributed by atoms with Crippen LogP contribution in [-0.2, 0) is 6.42 Å². The van der Waals surface area contributed by atoms with Crippen molar-refractivity contribution in [1.29, 1.82) is 5.26 Å². The van der Waals surface area contributed by atoms with Crippen LogP contribution in [0.15, 0.2) is 58.5 Å². The summed E-state index contributed by atoms with van der Waals surface area (Å²) >= 11 is 1.29. The molecule has 0 saturated heterocycles. The Kier molecular flexibility index (Phi) is 4.68. The van der Waals surface area contributed by atoms with E-state index in [0.717, 1.165) is 12.1 Å². The van der Waals surface area contributed by atoms with Crippen LogP contribution >= 0.6 is 11.8 Å². The molecule has 1 heterocycles. The normalized spacial score (nSPS) is 12.0. The number of nitrogens with zero attached hydrogens (tertiary/aromatic N) is 3. The van der Waals surface area contributed by atoms with Crippen LogP contribution in [0.1, 0.15) is 19.4 Å². The first kappa shape index (κ1) is 16.3. The number of para-hydroxylation sites is 1. The molecule has 1 unspecified atom stereocenters. The first-order valence-corrected chi connectivity index (χ1v) is 8.69. The number of aryl methyl sites for hydroxylation is 1. The van der Waals surface area contributed by atoms with Gasteiger partial charge in [0.1, 0.15) is 0 Å². The molecular weight excluding hydrogens is 318 g/mol. The maximum absolute atomic E-state index is 13.0. The number of benzene rings is 2. The number of hydrogen-bond acceptors (Lipinski definition) is 4. The Balaban J connectivity index is 2.26. The third-order valence-corrected chi connectivity index (χ3v) is 4.76. The second-order valence-electron chi connectivity index (χ2n) is 5.46. The Morgan fingerprint density at radius 3 is 2.58 bits per heavy atom. The van der Waals surface area contributed by atoms with Crippen molar-refractivity contribution >= 4 is 22.7 Å². The van der Waals surface area contributed by atoms with Crippen LogP contribution < -0.4 is 5.56 Å². The molecule has 0 radical (unpaired) electrons. The lowest BCUT2D eigenvalue weighted by molar-refractivity contribution is 0.817. The minimum absolute atomic E-state index is 0.113. The molecule has 3 aromatic rings. The van der Waals surface area contributed by atoms with Crippen LogP contribution in [0.2, 0.25) is 0 Å². The minimum Gasteiger partial charge on any atom is -0.268 e. The molecule has 3 rings (SSSR count). The highest BCUT2D eigenvalue weighted by molar-refractivity contribution is 8.00. The molecule has 120 valence electrons. The number of thioether (sulfide) groups is 1. The fraction of sp³-hybridized carbons (Fsp3) is 0.211. The SMILES string of the molecule is CCc1ccc(-n2c(SC(C)C#N)nc3ccccc3c2=O)cc1. The lowest BCUT2D eigenvalue weighted by Gasteiger charge is -2.14. The molecule has 0 aliphatic heterocycles. The van der Waals surface area contributed by atoms with Crippen molar-refractivity contribution in [2.75, 3.05) is 0 Å². The molecule has 0 bridgehead atoms. The summed E-state index contributed by atoms with van der Waals surface area (Å²) in [5.74, 6) is 0. The quantitative estimate of drug-likeness (QED) is 0.535. The van der Waals surface area contributed by atoms with E-state index in [9.17, 15) is 4.79 Å². The lowest BCUT2D eigenvalue weighted by atomic mass is 10.1. The predicted molar refractivity (Wildman–Crippen MR) is 97.7 cm³/mol. The molecule has 0 fully saturated rings.